The average molecular weight is 219 g/mol. The van der Waals surface area contributed by atoms with E-state index in [1.54, 1.807) is 0 Å². The van der Waals surface area contributed by atoms with Crippen LogP contribution in [0.15, 0.2) is 18.2 Å². The molecular weight excluding hydrogens is 202 g/mol. The maximum atomic E-state index is 9.16. The highest BCUT2D eigenvalue weighted by molar-refractivity contribution is 5.62. The standard InChI is InChI=1S/C13H17NO2/c15-8-9-7-11-12(14-9)5-2-6-13(11)16-10-3-1-4-10/h2,5-6,9-10,14-15H,1,3-4,7-8H2. The Balaban J connectivity index is 1.81. The van der Waals surface area contributed by atoms with Crippen molar-refractivity contribution in [3.8, 4) is 5.75 Å². The fourth-order valence-electron chi connectivity index (χ4n) is 2.32. The maximum absolute atomic E-state index is 9.16. The van der Waals surface area contributed by atoms with Crippen LogP contribution in [-0.2, 0) is 6.42 Å². The maximum Gasteiger partial charge on any atom is 0.125 e. The second kappa shape index (κ2) is 3.98. The summed E-state index contributed by atoms with van der Waals surface area (Å²) >= 11 is 0. The van der Waals surface area contributed by atoms with Crippen molar-refractivity contribution in [2.75, 3.05) is 11.9 Å². The van der Waals surface area contributed by atoms with Gasteiger partial charge in [-0.1, -0.05) is 6.07 Å². The van der Waals surface area contributed by atoms with Crippen LogP contribution in [0.1, 0.15) is 24.8 Å². The van der Waals surface area contributed by atoms with E-state index in [1.165, 1.54) is 24.8 Å². The van der Waals surface area contributed by atoms with Crippen LogP contribution in [-0.4, -0.2) is 23.9 Å². The Morgan fingerprint density at radius 3 is 2.94 bits per heavy atom. The first-order valence-corrected chi connectivity index (χ1v) is 6.03. The molecule has 1 unspecified atom stereocenters. The van der Waals surface area contributed by atoms with Gasteiger partial charge < -0.3 is 15.2 Å². The van der Waals surface area contributed by atoms with E-state index in [1.807, 2.05) is 12.1 Å². The third-order valence-corrected chi connectivity index (χ3v) is 3.51. The molecule has 1 heterocycles. The topological polar surface area (TPSA) is 41.5 Å². The molecule has 16 heavy (non-hydrogen) atoms. The molecule has 1 saturated carbocycles. The van der Waals surface area contributed by atoms with E-state index in [2.05, 4.69) is 11.4 Å². The van der Waals surface area contributed by atoms with Crippen LogP contribution in [0.3, 0.4) is 0 Å². The summed E-state index contributed by atoms with van der Waals surface area (Å²) in [6.07, 6.45) is 4.94. The van der Waals surface area contributed by atoms with Crippen molar-refractivity contribution in [1.82, 2.24) is 0 Å². The van der Waals surface area contributed by atoms with Crippen molar-refractivity contribution in [2.45, 2.75) is 37.8 Å². The number of fused-ring (bicyclic) bond motifs is 1. The number of rotatable bonds is 3. The van der Waals surface area contributed by atoms with Gasteiger partial charge in [0.25, 0.3) is 0 Å². The van der Waals surface area contributed by atoms with Gasteiger partial charge in [0.05, 0.1) is 18.8 Å². The zero-order valence-electron chi connectivity index (χ0n) is 9.28. The molecule has 0 radical (unpaired) electrons. The summed E-state index contributed by atoms with van der Waals surface area (Å²) in [5, 5.41) is 12.5. The zero-order chi connectivity index (χ0) is 11.0. The number of aliphatic hydroxyl groups excluding tert-OH is 1. The molecule has 3 heteroatoms. The normalized spacial score (nSPS) is 23.4. The number of benzene rings is 1. The minimum absolute atomic E-state index is 0.154. The molecular formula is C13H17NO2. The Bertz CT molecular complexity index is 388. The van der Waals surface area contributed by atoms with Crippen LogP contribution < -0.4 is 10.1 Å². The van der Waals surface area contributed by atoms with E-state index >= 15 is 0 Å². The minimum Gasteiger partial charge on any atom is -0.490 e. The number of hydrogen-bond acceptors (Lipinski definition) is 3. The fraction of sp³-hybridized carbons (Fsp3) is 0.538. The first-order chi connectivity index (χ1) is 7.86. The number of ether oxygens (including phenoxy) is 1. The van der Waals surface area contributed by atoms with E-state index in [4.69, 9.17) is 9.84 Å². The van der Waals surface area contributed by atoms with E-state index in [0.717, 1.165) is 17.9 Å². The summed E-state index contributed by atoms with van der Waals surface area (Å²) < 4.78 is 5.96. The van der Waals surface area contributed by atoms with Gasteiger partial charge >= 0.3 is 0 Å². The molecule has 0 spiro atoms. The number of aliphatic hydroxyl groups is 1. The molecule has 2 N–H and O–H groups in total. The monoisotopic (exact) mass is 219 g/mol. The smallest absolute Gasteiger partial charge is 0.125 e. The molecule has 2 aliphatic rings. The summed E-state index contributed by atoms with van der Waals surface area (Å²) in [6.45, 7) is 0.178. The Hall–Kier alpha value is -1.22. The lowest BCUT2D eigenvalue weighted by Crippen LogP contribution is -2.25. The molecule has 1 aliphatic carbocycles. The zero-order valence-corrected chi connectivity index (χ0v) is 9.28. The van der Waals surface area contributed by atoms with E-state index < -0.39 is 0 Å². The highest BCUT2D eigenvalue weighted by atomic mass is 16.5. The molecule has 0 saturated heterocycles. The molecule has 1 aliphatic heterocycles. The lowest BCUT2D eigenvalue weighted by molar-refractivity contribution is 0.119. The highest BCUT2D eigenvalue weighted by Crippen LogP contribution is 2.36. The van der Waals surface area contributed by atoms with Gasteiger partial charge in [0.1, 0.15) is 5.75 Å². The summed E-state index contributed by atoms with van der Waals surface area (Å²) in [5.74, 6) is 1.01. The number of nitrogens with one attached hydrogen (secondary N) is 1. The van der Waals surface area contributed by atoms with Gasteiger partial charge in [-0.3, -0.25) is 0 Å². The predicted octanol–water partition coefficient (Wildman–Crippen LogP) is 1.95. The molecule has 0 bridgehead atoms. The first kappa shape index (κ1) is 9.97. The third-order valence-electron chi connectivity index (χ3n) is 3.51. The van der Waals surface area contributed by atoms with Crippen LogP contribution in [0.25, 0.3) is 0 Å². The Labute approximate surface area is 95.4 Å². The minimum atomic E-state index is 0.154. The van der Waals surface area contributed by atoms with Crippen molar-refractivity contribution >= 4 is 5.69 Å². The van der Waals surface area contributed by atoms with Crippen LogP contribution in [0, 0.1) is 0 Å². The molecule has 3 rings (SSSR count). The van der Waals surface area contributed by atoms with Crippen LogP contribution in [0.4, 0.5) is 5.69 Å². The Morgan fingerprint density at radius 2 is 2.25 bits per heavy atom. The Morgan fingerprint density at radius 1 is 1.38 bits per heavy atom. The van der Waals surface area contributed by atoms with Crippen LogP contribution in [0.5, 0.6) is 5.75 Å². The average Bonchev–Trinajstić information content (AvgIpc) is 2.66. The predicted molar refractivity (Wildman–Crippen MR) is 62.9 cm³/mol. The van der Waals surface area contributed by atoms with Crippen molar-refractivity contribution in [1.29, 1.82) is 0 Å². The molecule has 3 nitrogen and oxygen atoms in total. The quantitative estimate of drug-likeness (QED) is 0.816. The van der Waals surface area contributed by atoms with Gasteiger partial charge in [-0.15, -0.1) is 0 Å². The molecule has 1 fully saturated rings. The van der Waals surface area contributed by atoms with Gasteiger partial charge in [-0.2, -0.15) is 0 Å². The number of hydrogen-bond donors (Lipinski definition) is 2. The number of anilines is 1. The van der Waals surface area contributed by atoms with Crippen molar-refractivity contribution in [3.05, 3.63) is 23.8 Å². The van der Waals surface area contributed by atoms with Gasteiger partial charge in [-0.05, 0) is 31.4 Å². The molecule has 1 aromatic rings. The van der Waals surface area contributed by atoms with Crippen molar-refractivity contribution < 1.29 is 9.84 Å². The van der Waals surface area contributed by atoms with Gasteiger partial charge in [-0.25, -0.2) is 0 Å². The fourth-order valence-corrected chi connectivity index (χ4v) is 2.32. The third kappa shape index (κ3) is 1.65. The second-order valence-electron chi connectivity index (χ2n) is 4.68. The molecule has 0 amide bonds. The van der Waals surface area contributed by atoms with Crippen LogP contribution in [0.2, 0.25) is 0 Å². The summed E-state index contributed by atoms with van der Waals surface area (Å²) in [7, 11) is 0. The lowest BCUT2D eigenvalue weighted by atomic mass is 9.96. The van der Waals surface area contributed by atoms with Crippen LogP contribution >= 0.6 is 0 Å². The van der Waals surface area contributed by atoms with E-state index in [0.29, 0.717) is 6.10 Å². The lowest BCUT2D eigenvalue weighted by Gasteiger charge is -2.27. The molecule has 1 atom stereocenters. The van der Waals surface area contributed by atoms with E-state index in [9.17, 15) is 0 Å². The van der Waals surface area contributed by atoms with Gasteiger partial charge in [0.15, 0.2) is 0 Å². The largest absolute Gasteiger partial charge is 0.490 e. The highest BCUT2D eigenvalue weighted by Gasteiger charge is 2.26. The summed E-state index contributed by atoms with van der Waals surface area (Å²) in [4.78, 5) is 0. The van der Waals surface area contributed by atoms with Crippen molar-refractivity contribution in [3.63, 3.8) is 0 Å². The first-order valence-electron chi connectivity index (χ1n) is 6.03. The molecule has 1 aromatic carbocycles. The molecule has 0 aromatic heterocycles. The summed E-state index contributed by atoms with van der Waals surface area (Å²) in [6, 6.07) is 6.26. The Kier molecular flexibility index (Phi) is 2.48. The van der Waals surface area contributed by atoms with Gasteiger partial charge in [0.2, 0.25) is 0 Å². The summed E-state index contributed by atoms with van der Waals surface area (Å²) in [5.41, 5.74) is 2.35. The molecule has 86 valence electrons. The SMILES string of the molecule is OCC1Cc2c(cccc2OC2CCC2)N1. The second-order valence-corrected chi connectivity index (χ2v) is 4.68. The van der Waals surface area contributed by atoms with Gasteiger partial charge in [0, 0.05) is 17.7 Å². The van der Waals surface area contributed by atoms with Crippen molar-refractivity contribution in [2.24, 2.45) is 0 Å². The van der Waals surface area contributed by atoms with E-state index in [-0.39, 0.29) is 12.6 Å².